The Morgan fingerprint density at radius 1 is 1.33 bits per heavy atom. The van der Waals surface area contributed by atoms with E-state index in [0.717, 1.165) is 19.4 Å². The van der Waals surface area contributed by atoms with Crippen LogP contribution in [0.4, 0.5) is 0 Å². The van der Waals surface area contributed by atoms with Gasteiger partial charge in [0.25, 0.3) is 0 Å². The summed E-state index contributed by atoms with van der Waals surface area (Å²) in [6, 6.07) is 1.63. The Hall–Kier alpha value is -0.330. The fraction of sp³-hybridized carbons (Fsp3) is 0.571. The zero-order valence-corrected chi connectivity index (χ0v) is 14.7. The molecule has 21 heavy (non-hydrogen) atoms. The topological polar surface area (TPSA) is 58.2 Å². The van der Waals surface area contributed by atoms with Gasteiger partial charge in [0.2, 0.25) is 10.0 Å². The van der Waals surface area contributed by atoms with Crippen LogP contribution in [-0.2, 0) is 10.0 Å². The van der Waals surface area contributed by atoms with Crippen LogP contribution in [0.15, 0.2) is 11.0 Å². The van der Waals surface area contributed by atoms with E-state index in [4.69, 9.17) is 23.2 Å². The van der Waals surface area contributed by atoms with Crippen LogP contribution in [0.1, 0.15) is 30.9 Å². The van der Waals surface area contributed by atoms with Crippen molar-refractivity contribution in [3.63, 3.8) is 0 Å². The molecular formula is C14H20Cl2N2O2S. The van der Waals surface area contributed by atoms with E-state index in [1.807, 2.05) is 6.92 Å². The van der Waals surface area contributed by atoms with Gasteiger partial charge < -0.3 is 5.32 Å². The molecule has 0 saturated carbocycles. The number of hydrogen-bond acceptors (Lipinski definition) is 3. The van der Waals surface area contributed by atoms with Crippen molar-refractivity contribution in [2.24, 2.45) is 0 Å². The molecule has 1 heterocycles. The van der Waals surface area contributed by atoms with E-state index in [0.29, 0.717) is 16.1 Å². The average molecular weight is 351 g/mol. The summed E-state index contributed by atoms with van der Waals surface area (Å²) in [6.07, 6.45) is 1.75. The minimum atomic E-state index is -3.71. The van der Waals surface area contributed by atoms with Gasteiger partial charge in [-0.05, 0) is 57.4 Å². The quantitative estimate of drug-likeness (QED) is 0.880. The first-order valence-corrected chi connectivity index (χ1v) is 9.19. The molecule has 2 unspecified atom stereocenters. The predicted molar refractivity (Wildman–Crippen MR) is 86.7 cm³/mol. The van der Waals surface area contributed by atoms with E-state index in [2.05, 4.69) is 10.0 Å². The van der Waals surface area contributed by atoms with Gasteiger partial charge in [-0.15, -0.1) is 0 Å². The van der Waals surface area contributed by atoms with Crippen molar-refractivity contribution < 1.29 is 8.42 Å². The molecule has 1 aromatic carbocycles. The van der Waals surface area contributed by atoms with Crippen molar-refractivity contribution in [1.29, 1.82) is 0 Å². The second-order valence-electron chi connectivity index (χ2n) is 5.56. The number of aryl methyl sites for hydroxylation is 1. The summed E-state index contributed by atoms with van der Waals surface area (Å²) in [7, 11) is -3.71. The molecule has 1 fully saturated rings. The molecule has 1 saturated heterocycles. The van der Waals surface area contributed by atoms with E-state index >= 15 is 0 Å². The normalized spacial score (nSPS) is 23.3. The Bertz CT molecular complexity index is 621. The second kappa shape index (κ2) is 6.42. The van der Waals surface area contributed by atoms with Crippen LogP contribution in [0.25, 0.3) is 0 Å². The van der Waals surface area contributed by atoms with Crippen molar-refractivity contribution in [3.05, 3.63) is 27.2 Å². The van der Waals surface area contributed by atoms with Gasteiger partial charge in [-0.25, -0.2) is 13.1 Å². The zero-order valence-electron chi connectivity index (χ0n) is 12.3. The third-order valence-corrected chi connectivity index (χ3v) is 6.58. The molecule has 2 atom stereocenters. The molecule has 118 valence electrons. The van der Waals surface area contributed by atoms with Gasteiger partial charge in [0.1, 0.15) is 4.90 Å². The Kier molecular flexibility index (Phi) is 5.21. The highest BCUT2D eigenvalue weighted by atomic mass is 35.5. The first kappa shape index (κ1) is 17.0. The van der Waals surface area contributed by atoms with Crippen molar-refractivity contribution in [2.75, 3.05) is 6.54 Å². The number of benzene rings is 1. The maximum absolute atomic E-state index is 12.7. The molecule has 7 heteroatoms. The van der Waals surface area contributed by atoms with Crippen LogP contribution in [0.3, 0.4) is 0 Å². The Labute approximate surface area is 136 Å². The molecule has 1 aliphatic rings. The minimum absolute atomic E-state index is 0.0898. The van der Waals surface area contributed by atoms with Crippen molar-refractivity contribution >= 4 is 33.2 Å². The standard InChI is InChI=1S/C14H20Cl2N2O2S/c1-8-7-11(15)9(2)14(13(8)16)21(19,20)18-12-5-4-6-17-10(12)3/h7,10,12,17-18H,4-6H2,1-3H3. The van der Waals surface area contributed by atoms with Crippen molar-refractivity contribution in [1.82, 2.24) is 10.0 Å². The molecule has 0 amide bonds. The van der Waals surface area contributed by atoms with Crippen LogP contribution in [0, 0.1) is 13.8 Å². The molecule has 0 aliphatic carbocycles. The maximum Gasteiger partial charge on any atom is 0.242 e. The summed E-state index contributed by atoms with van der Waals surface area (Å²) < 4.78 is 28.2. The maximum atomic E-state index is 12.7. The molecule has 0 radical (unpaired) electrons. The number of piperidine rings is 1. The van der Waals surface area contributed by atoms with Gasteiger partial charge in [-0.1, -0.05) is 23.2 Å². The highest BCUT2D eigenvalue weighted by molar-refractivity contribution is 7.89. The van der Waals surface area contributed by atoms with Crippen LogP contribution in [0.2, 0.25) is 10.0 Å². The second-order valence-corrected chi connectivity index (χ2v) is 7.99. The van der Waals surface area contributed by atoms with Gasteiger partial charge >= 0.3 is 0 Å². The van der Waals surface area contributed by atoms with E-state index < -0.39 is 10.0 Å². The Balaban J connectivity index is 2.40. The molecule has 2 rings (SSSR count). The van der Waals surface area contributed by atoms with E-state index in [-0.39, 0.29) is 22.0 Å². The van der Waals surface area contributed by atoms with E-state index in [1.165, 1.54) is 0 Å². The van der Waals surface area contributed by atoms with E-state index in [1.54, 1.807) is 19.9 Å². The molecule has 0 spiro atoms. The fourth-order valence-corrected chi connectivity index (χ4v) is 5.16. The Morgan fingerprint density at radius 3 is 2.62 bits per heavy atom. The first-order chi connectivity index (χ1) is 9.74. The SMILES string of the molecule is Cc1cc(Cl)c(C)c(S(=O)(=O)NC2CCCNC2C)c1Cl. The lowest BCUT2D eigenvalue weighted by molar-refractivity contribution is 0.349. The lowest BCUT2D eigenvalue weighted by Crippen LogP contribution is -2.51. The van der Waals surface area contributed by atoms with Crippen molar-refractivity contribution in [2.45, 2.75) is 50.6 Å². The van der Waals surface area contributed by atoms with Crippen molar-refractivity contribution in [3.8, 4) is 0 Å². The average Bonchev–Trinajstić information content (AvgIpc) is 2.39. The summed E-state index contributed by atoms with van der Waals surface area (Å²) in [6.45, 7) is 6.31. The smallest absolute Gasteiger partial charge is 0.242 e. The van der Waals surface area contributed by atoms with Gasteiger partial charge in [0.15, 0.2) is 0 Å². The number of hydrogen-bond donors (Lipinski definition) is 2. The summed E-state index contributed by atoms with van der Waals surface area (Å²) >= 11 is 12.3. The van der Waals surface area contributed by atoms with Crippen LogP contribution in [-0.4, -0.2) is 27.0 Å². The number of rotatable bonds is 3. The lowest BCUT2D eigenvalue weighted by Gasteiger charge is -2.30. The lowest BCUT2D eigenvalue weighted by atomic mass is 10.0. The highest BCUT2D eigenvalue weighted by Gasteiger charge is 2.30. The van der Waals surface area contributed by atoms with Gasteiger partial charge in [-0.3, -0.25) is 0 Å². The van der Waals surface area contributed by atoms with Crippen LogP contribution >= 0.6 is 23.2 Å². The minimum Gasteiger partial charge on any atom is -0.313 e. The number of sulfonamides is 1. The third kappa shape index (κ3) is 3.54. The van der Waals surface area contributed by atoms with Crippen LogP contribution < -0.4 is 10.0 Å². The predicted octanol–water partition coefficient (Wildman–Crippen LogP) is 3.03. The molecule has 1 aliphatic heterocycles. The molecule has 1 aromatic rings. The van der Waals surface area contributed by atoms with Gasteiger partial charge in [0.05, 0.1) is 5.02 Å². The molecule has 0 bridgehead atoms. The first-order valence-electron chi connectivity index (χ1n) is 6.95. The summed E-state index contributed by atoms with van der Waals surface area (Å²) in [5.41, 5.74) is 1.14. The largest absolute Gasteiger partial charge is 0.313 e. The van der Waals surface area contributed by atoms with Crippen LogP contribution in [0.5, 0.6) is 0 Å². The molecule has 0 aromatic heterocycles. The Morgan fingerprint density at radius 2 is 2.00 bits per heavy atom. The van der Waals surface area contributed by atoms with Gasteiger partial charge in [0, 0.05) is 17.1 Å². The zero-order chi connectivity index (χ0) is 15.8. The molecule has 2 N–H and O–H groups in total. The summed E-state index contributed by atoms with van der Waals surface area (Å²) in [5, 5.41) is 3.92. The number of halogens is 2. The number of nitrogens with one attached hydrogen (secondary N) is 2. The highest BCUT2D eigenvalue weighted by Crippen LogP contribution is 2.33. The summed E-state index contributed by atoms with van der Waals surface area (Å²) in [5.74, 6) is 0. The monoisotopic (exact) mass is 350 g/mol. The van der Waals surface area contributed by atoms with Gasteiger partial charge in [-0.2, -0.15) is 0 Å². The molecule has 4 nitrogen and oxygen atoms in total. The fourth-order valence-electron chi connectivity index (χ4n) is 2.60. The summed E-state index contributed by atoms with van der Waals surface area (Å²) in [4.78, 5) is 0.0898. The third-order valence-electron chi connectivity index (χ3n) is 3.92. The molecular weight excluding hydrogens is 331 g/mol. The van der Waals surface area contributed by atoms with E-state index in [9.17, 15) is 8.42 Å².